The molecule has 1 aliphatic heterocycles. The fourth-order valence-electron chi connectivity index (χ4n) is 1.74. The zero-order valence-corrected chi connectivity index (χ0v) is 10.3. The Bertz CT molecular complexity index is 516. The van der Waals surface area contributed by atoms with Crippen molar-refractivity contribution < 1.29 is 13.2 Å². The van der Waals surface area contributed by atoms with Crippen molar-refractivity contribution in [1.29, 1.82) is 0 Å². The van der Waals surface area contributed by atoms with Crippen LogP contribution in [-0.2, 0) is 17.3 Å². The highest BCUT2D eigenvalue weighted by Gasteiger charge is 2.27. The fraction of sp³-hybridized carbons (Fsp3) is 0.556. The zero-order valence-electron chi connectivity index (χ0n) is 9.46. The van der Waals surface area contributed by atoms with Gasteiger partial charge in [0.1, 0.15) is 5.69 Å². The average Bonchev–Trinajstić information content (AvgIpc) is 2.85. The number of imidazole rings is 1. The van der Waals surface area contributed by atoms with Crippen LogP contribution in [0.5, 0.6) is 0 Å². The van der Waals surface area contributed by atoms with Crippen molar-refractivity contribution in [3.05, 3.63) is 18.2 Å². The number of carbonyl (C=O) groups excluding carboxylic acids is 1. The largest absolute Gasteiger partial charge is 0.330 e. The van der Waals surface area contributed by atoms with Gasteiger partial charge in [0.25, 0.3) is 5.91 Å². The average molecular weight is 258 g/mol. The van der Waals surface area contributed by atoms with Gasteiger partial charge < -0.3 is 4.57 Å². The van der Waals surface area contributed by atoms with E-state index in [0.717, 1.165) is 12.8 Å². The van der Waals surface area contributed by atoms with Crippen LogP contribution in [0.25, 0.3) is 0 Å². The molecule has 2 heterocycles. The summed E-state index contributed by atoms with van der Waals surface area (Å²) in [5, 5.41) is 0. The quantitative estimate of drug-likeness (QED) is 0.791. The van der Waals surface area contributed by atoms with E-state index in [0.29, 0.717) is 13.1 Å². The van der Waals surface area contributed by atoms with Gasteiger partial charge in [-0.3, -0.25) is 4.79 Å². The third kappa shape index (κ3) is 2.47. The smallest absolute Gasteiger partial charge is 0.304 e. The first kappa shape index (κ1) is 12.1. The van der Waals surface area contributed by atoms with E-state index in [-0.39, 0.29) is 5.69 Å². The van der Waals surface area contributed by atoms with Crippen molar-refractivity contribution >= 4 is 16.1 Å². The minimum absolute atomic E-state index is 0.216. The predicted molar refractivity (Wildman–Crippen MR) is 60.4 cm³/mol. The van der Waals surface area contributed by atoms with Gasteiger partial charge in [-0.25, -0.2) is 9.71 Å². The number of carbonyl (C=O) groups is 1. The summed E-state index contributed by atoms with van der Waals surface area (Å²) >= 11 is 0. The summed E-state index contributed by atoms with van der Waals surface area (Å²) in [6.45, 7) is 0.933. The van der Waals surface area contributed by atoms with Gasteiger partial charge in [-0.15, -0.1) is 0 Å². The summed E-state index contributed by atoms with van der Waals surface area (Å²) in [6, 6.07) is 0. The van der Waals surface area contributed by atoms with Crippen LogP contribution in [0.15, 0.2) is 12.5 Å². The standard InChI is InChI=1S/C9H14N4O3S/c1-12-7-10-6-8(12)9(14)11-17(15,16)13-4-2-3-5-13/h6-7H,2-5H2,1H3,(H,11,14). The molecule has 94 valence electrons. The van der Waals surface area contributed by atoms with E-state index in [1.165, 1.54) is 21.4 Å². The first-order valence-electron chi connectivity index (χ1n) is 5.29. The summed E-state index contributed by atoms with van der Waals surface area (Å²) in [5.74, 6) is -0.656. The van der Waals surface area contributed by atoms with Crippen LogP contribution in [0.4, 0.5) is 0 Å². The molecule has 7 nitrogen and oxygen atoms in total. The highest BCUT2D eigenvalue weighted by Crippen LogP contribution is 2.11. The summed E-state index contributed by atoms with van der Waals surface area (Å²) < 4.78 is 28.4. The predicted octanol–water partition coefficient (Wildman–Crippen LogP) is -0.509. The van der Waals surface area contributed by atoms with E-state index in [2.05, 4.69) is 4.98 Å². The van der Waals surface area contributed by atoms with E-state index < -0.39 is 16.1 Å². The van der Waals surface area contributed by atoms with Crippen LogP contribution in [0.1, 0.15) is 23.3 Å². The SMILES string of the molecule is Cn1cncc1C(=O)NS(=O)(=O)N1CCCC1. The Hall–Kier alpha value is -1.41. The number of hydrogen-bond acceptors (Lipinski definition) is 4. The Kier molecular flexibility index (Phi) is 3.16. The maximum atomic E-state index is 11.8. The molecule has 1 fully saturated rings. The lowest BCUT2D eigenvalue weighted by Gasteiger charge is -2.15. The summed E-state index contributed by atoms with van der Waals surface area (Å²) in [7, 11) is -2.08. The second kappa shape index (κ2) is 4.46. The number of aryl methyl sites for hydroxylation is 1. The Morgan fingerprint density at radius 3 is 2.59 bits per heavy atom. The number of nitrogens with zero attached hydrogens (tertiary/aromatic N) is 3. The van der Waals surface area contributed by atoms with E-state index in [1.54, 1.807) is 7.05 Å². The Morgan fingerprint density at radius 2 is 2.06 bits per heavy atom. The molecule has 1 saturated heterocycles. The highest BCUT2D eigenvalue weighted by molar-refractivity contribution is 7.87. The molecule has 0 radical (unpaired) electrons. The van der Waals surface area contributed by atoms with Crippen molar-refractivity contribution in [2.45, 2.75) is 12.8 Å². The van der Waals surface area contributed by atoms with E-state index in [9.17, 15) is 13.2 Å². The molecule has 1 N–H and O–H groups in total. The van der Waals surface area contributed by atoms with Crippen LogP contribution in [0, 0.1) is 0 Å². The van der Waals surface area contributed by atoms with Gasteiger partial charge in [-0.05, 0) is 12.8 Å². The summed E-state index contributed by atoms with van der Waals surface area (Å²) in [6.07, 6.45) is 4.44. The monoisotopic (exact) mass is 258 g/mol. The highest BCUT2D eigenvalue weighted by atomic mass is 32.2. The molecular formula is C9H14N4O3S. The minimum atomic E-state index is -3.71. The number of nitrogens with one attached hydrogen (secondary N) is 1. The molecule has 8 heteroatoms. The topological polar surface area (TPSA) is 84.3 Å². The van der Waals surface area contributed by atoms with Gasteiger partial charge >= 0.3 is 10.2 Å². The molecule has 2 rings (SSSR count). The molecule has 17 heavy (non-hydrogen) atoms. The van der Waals surface area contributed by atoms with Crippen LogP contribution in [0.2, 0.25) is 0 Å². The fourth-order valence-corrected chi connectivity index (χ4v) is 2.95. The molecule has 0 atom stereocenters. The van der Waals surface area contributed by atoms with E-state index in [1.807, 2.05) is 4.72 Å². The molecule has 0 aliphatic carbocycles. The van der Waals surface area contributed by atoms with Crippen molar-refractivity contribution in [1.82, 2.24) is 18.6 Å². The molecular weight excluding hydrogens is 244 g/mol. The lowest BCUT2D eigenvalue weighted by atomic mass is 10.4. The molecule has 0 bridgehead atoms. The first-order chi connectivity index (χ1) is 8.00. The third-order valence-corrected chi connectivity index (χ3v) is 4.16. The molecule has 0 aromatic carbocycles. The maximum Gasteiger partial charge on any atom is 0.304 e. The molecule has 0 spiro atoms. The van der Waals surface area contributed by atoms with Crippen LogP contribution in [0.3, 0.4) is 0 Å². The van der Waals surface area contributed by atoms with E-state index >= 15 is 0 Å². The van der Waals surface area contributed by atoms with Gasteiger partial charge in [0.05, 0.1) is 12.5 Å². The van der Waals surface area contributed by atoms with Crippen molar-refractivity contribution in [3.8, 4) is 0 Å². The molecule has 0 saturated carbocycles. The molecule has 0 unspecified atom stereocenters. The molecule has 1 amide bonds. The number of aromatic nitrogens is 2. The maximum absolute atomic E-state index is 11.8. The lowest BCUT2D eigenvalue weighted by molar-refractivity contribution is 0.0971. The van der Waals surface area contributed by atoms with Crippen molar-refractivity contribution in [3.63, 3.8) is 0 Å². The molecule has 1 aromatic rings. The number of rotatable bonds is 3. The zero-order chi connectivity index (χ0) is 12.5. The number of hydrogen-bond donors (Lipinski definition) is 1. The van der Waals surface area contributed by atoms with Crippen LogP contribution < -0.4 is 4.72 Å². The van der Waals surface area contributed by atoms with Gasteiger partial charge in [-0.2, -0.15) is 12.7 Å². The second-order valence-corrected chi connectivity index (χ2v) is 5.60. The molecule has 1 aliphatic rings. The molecule has 1 aromatic heterocycles. The first-order valence-corrected chi connectivity index (χ1v) is 6.73. The lowest BCUT2D eigenvalue weighted by Crippen LogP contribution is -2.42. The second-order valence-electron chi connectivity index (χ2n) is 3.93. The van der Waals surface area contributed by atoms with Gasteiger partial charge in [-0.1, -0.05) is 0 Å². The minimum Gasteiger partial charge on any atom is -0.330 e. The van der Waals surface area contributed by atoms with Crippen LogP contribution in [-0.4, -0.2) is 41.3 Å². The normalized spacial score (nSPS) is 17.2. The summed E-state index contributed by atoms with van der Waals surface area (Å²) in [5.41, 5.74) is 0.216. The third-order valence-electron chi connectivity index (χ3n) is 2.68. The van der Waals surface area contributed by atoms with Crippen molar-refractivity contribution in [2.24, 2.45) is 7.05 Å². The van der Waals surface area contributed by atoms with Gasteiger partial charge in [0, 0.05) is 20.1 Å². The Balaban J connectivity index is 2.11. The number of amides is 1. The Morgan fingerprint density at radius 1 is 1.41 bits per heavy atom. The van der Waals surface area contributed by atoms with Crippen molar-refractivity contribution in [2.75, 3.05) is 13.1 Å². The Labute approximate surface area is 99.6 Å². The van der Waals surface area contributed by atoms with Crippen LogP contribution >= 0.6 is 0 Å². The summed E-state index contributed by atoms with van der Waals surface area (Å²) in [4.78, 5) is 15.5. The van der Waals surface area contributed by atoms with E-state index in [4.69, 9.17) is 0 Å². The van der Waals surface area contributed by atoms with Gasteiger partial charge in [0.15, 0.2) is 0 Å². The van der Waals surface area contributed by atoms with Gasteiger partial charge in [0.2, 0.25) is 0 Å².